The van der Waals surface area contributed by atoms with Crippen molar-refractivity contribution in [1.29, 1.82) is 0 Å². The highest BCUT2D eigenvalue weighted by atomic mass is 79.9. The fourth-order valence-electron chi connectivity index (χ4n) is 1.93. The predicted molar refractivity (Wildman–Crippen MR) is 76.2 cm³/mol. The molecular formula is C12H10BrF3N2OS. The lowest BCUT2D eigenvalue weighted by atomic mass is 10.0. The summed E-state index contributed by atoms with van der Waals surface area (Å²) in [5.41, 5.74) is -0.727. The van der Waals surface area contributed by atoms with Gasteiger partial charge in [-0.2, -0.15) is 13.2 Å². The second kappa shape index (κ2) is 5.40. The smallest absolute Gasteiger partial charge is 0.301 e. The molecule has 0 saturated heterocycles. The van der Waals surface area contributed by atoms with E-state index in [-0.39, 0.29) is 9.86 Å². The van der Waals surface area contributed by atoms with Crippen LogP contribution in [0.1, 0.15) is 18.1 Å². The van der Waals surface area contributed by atoms with Crippen molar-refractivity contribution in [3.05, 3.63) is 32.0 Å². The highest BCUT2D eigenvalue weighted by Gasteiger charge is 2.35. The lowest BCUT2D eigenvalue weighted by Gasteiger charge is -2.14. The van der Waals surface area contributed by atoms with Crippen LogP contribution in [-0.2, 0) is 12.6 Å². The van der Waals surface area contributed by atoms with Gasteiger partial charge >= 0.3 is 6.18 Å². The normalized spacial score (nSPS) is 12.1. The Morgan fingerprint density at radius 2 is 2.10 bits per heavy atom. The first kappa shape index (κ1) is 15.4. The Kier molecular flexibility index (Phi) is 4.15. The summed E-state index contributed by atoms with van der Waals surface area (Å²) < 4.78 is 39.0. The van der Waals surface area contributed by atoms with E-state index < -0.39 is 17.3 Å². The van der Waals surface area contributed by atoms with Crippen LogP contribution in [0.4, 0.5) is 13.2 Å². The summed E-state index contributed by atoms with van der Waals surface area (Å²) in [5, 5.41) is 0.332. The van der Waals surface area contributed by atoms with E-state index in [2.05, 4.69) is 25.9 Å². The van der Waals surface area contributed by atoms with Gasteiger partial charge in [0.15, 0.2) is 5.16 Å². The number of hydrogen-bond acceptors (Lipinski definition) is 3. The van der Waals surface area contributed by atoms with Gasteiger partial charge in [0.05, 0.1) is 16.5 Å². The predicted octanol–water partition coefficient (Wildman–Crippen LogP) is 3.99. The van der Waals surface area contributed by atoms with Crippen LogP contribution < -0.4 is 5.56 Å². The molecular weight excluding hydrogens is 357 g/mol. The maximum Gasteiger partial charge on any atom is 0.417 e. The highest BCUT2D eigenvalue weighted by molar-refractivity contribution is 9.10. The summed E-state index contributed by atoms with van der Waals surface area (Å²) in [7, 11) is 0. The molecule has 1 aromatic heterocycles. The Morgan fingerprint density at radius 3 is 2.60 bits per heavy atom. The van der Waals surface area contributed by atoms with E-state index in [1.807, 2.05) is 0 Å². The lowest BCUT2D eigenvalue weighted by Crippen LogP contribution is -2.14. The van der Waals surface area contributed by atoms with Gasteiger partial charge in [-0.3, -0.25) is 4.79 Å². The Labute approximate surface area is 125 Å². The molecule has 20 heavy (non-hydrogen) atoms. The molecule has 2 rings (SSSR count). The molecule has 8 heteroatoms. The zero-order valence-electron chi connectivity index (χ0n) is 10.6. The number of halogens is 4. The third-order valence-electron chi connectivity index (χ3n) is 2.86. The number of fused-ring (bicyclic) bond motifs is 1. The maximum absolute atomic E-state index is 13.0. The van der Waals surface area contributed by atoms with Crippen molar-refractivity contribution in [2.75, 3.05) is 6.26 Å². The number of alkyl halides is 3. The molecule has 0 saturated carbocycles. The van der Waals surface area contributed by atoms with Crippen LogP contribution in [0, 0.1) is 0 Å². The second-order valence-corrected chi connectivity index (χ2v) is 5.63. The zero-order valence-corrected chi connectivity index (χ0v) is 13.0. The molecule has 0 aliphatic heterocycles. The van der Waals surface area contributed by atoms with Crippen LogP contribution in [0.25, 0.3) is 10.9 Å². The molecule has 0 amide bonds. The molecule has 1 aromatic carbocycles. The summed E-state index contributed by atoms with van der Waals surface area (Å²) >= 11 is 4.22. The van der Waals surface area contributed by atoms with Gasteiger partial charge < -0.3 is 4.98 Å². The van der Waals surface area contributed by atoms with Crippen LogP contribution in [0.5, 0.6) is 0 Å². The van der Waals surface area contributed by atoms with E-state index in [0.29, 0.717) is 22.7 Å². The Balaban J connectivity index is 2.96. The van der Waals surface area contributed by atoms with Crippen molar-refractivity contribution in [2.45, 2.75) is 24.7 Å². The highest BCUT2D eigenvalue weighted by Crippen LogP contribution is 2.39. The topological polar surface area (TPSA) is 45.8 Å². The fraction of sp³-hybridized carbons (Fsp3) is 0.333. The van der Waals surface area contributed by atoms with Crippen molar-refractivity contribution < 1.29 is 13.2 Å². The van der Waals surface area contributed by atoms with Gasteiger partial charge in [0.1, 0.15) is 0 Å². The standard InChI is InChI=1S/C12H10BrF3N2OS/c1-3-5-8(13)7(12(14,15)16)4-6-9(5)17-11(20-2)18-10(6)19/h4H,3H2,1-2H3,(H,17,18,19). The number of H-pyrrole nitrogens is 1. The molecule has 2 aromatic rings. The summed E-state index contributed by atoms with van der Waals surface area (Å²) in [6.45, 7) is 1.72. The monoisotopic (exact) mass is 366 g/mol. The molecule has 0 unspecified atom stereocenters. The number of aromatic amines is 1. The minimum atomic E-state index is -4.53. The Morgan fingerprint density at radius 1 is 1.45 bits per heavy atom. The summed E-state index contributed by atoms with van der Waals surface area (Å²) in [4.78, 5) is 18.6. The molecule has 3 nitrogen and oxygen atoms in total. The average Bonchev–Trinajstić information content (AvgIpc) is 2.36. The van der Waals surface area contributed by atoms with Crippen LogP contribution in [0.2, 0.25) is 0 Å². The first-order valence-corrected chi connectivity index (χ1v) is 7.68. The Bertz CT molecular complexity index is 727. The number of aromatic nitrogens is 2. The van der Waals surface area contributed by atoms with E-state index >= 15 is 0 Å². The Hall–Kier alpha value is -1.02. The number of thioether (sulfide) groups is 1. The van der Waals surface area contributed by atoms with E-state index in [9.17, 15) is 18.0 Å². The molecule has 0 aliphatic rings. The second-order valence-electron chi connectivity index (χ2n) is 4.04. The van der Waals surface area contributed by atoms with Crippen molar-refractivity contribution in [2.24, 2.45) is 0 Å². The van der Waals surface area contributed by atoms with Crippen LogP contribution in [0.15, 0.2) is 20.5 Å². The average molecular weight is 367 g/mol. The fourth-order valence-corrected chi connectivity index (χ4v) is 3.11. The molecule has 108 valence electrons. The van der Waals surface area contributed by atoms with Crippen molar-refractivity contribution >= 4 is 38.6 Å². The molecule has 0 radical (unpaired) electrons. The number of hydrogen-bond donors (Lipinski definition) is 1. The van der Waals surface area contributed by atoms with Gasteiger partial charge in [-0.25, -0.2) is 4.98 Å². The third-order valence-corrected chi connectivity index (χ3v) is 4.35. The first-order chi connectivity index (χ1) is 9.29. The minimum Gasteiger partial charge on any atom is -0.301 e. The number of aryl methyl sites for hydroxylation is 1. The third kappa shape index (κ3) is 2.58. The molecule has 0 atom stereocenters. The van der Waals surface area contributed by atoms with Crippen molar-refractivity contribution in [3.63, 3.8) is 0 Å². The van der Waals surface area contributed by atoms with Gasteiger partial charge in [-0.1, -0.05) is 18.7 Å². The van der Waals surface area contributed by atoms with E-state index in [1.165, 1.54) is 11.8 Å². The minimum absolute atomic E-state index is 0.0461. The lowest BCUT2D eigenvalue weighted by molar-refractivity contribution is -0.138. The molecule has 0 fully saturated rings. The first-order valence-electron chi connectivity index (χ1n) is 5.66. The molecule has 0 aliphatic carbocycles. The van der Waals surface area contributed by atoms with E-state index in [1.54, 1.807) is 13.2 Å². The quantitative estimate of drug-likeness (QED) is 0.645. The summed E-state index contributed by atoms with van der Waals surface area (Å²) in [5.74, 6) is 0. The van der Waals surface area contributed by atoms with Crippen molar-refractivity contribution in [1.82, 2.24) is 9.97 Å². The molecule has 0 spiro atoms. The van der Waals surface area contributed by atoms with Crippen molar-refractivity contribution in [3.8, 4) is 0 Å². The number of rotatable bonds is 2. The number of nitrogens with zero attached hydrogens (tertiary/aromatic N) is 1. The van der Waals surface area contributed by atoms with Gasteiger partial charge in [-0.15, -0.1) is 0 Å². The van der Waals surface area contributed by atoms with Gasteiger partial charge in [0, 0.05) is 4.47 Å². The van der Waals surface area contributed by atoms with E-state index in [0.717, 1.165) is 6.07 Å². The van der Waals surface area contributed by atoms with Gasteiger partial charge in [0.25, 0.3) is 5.56 Å². The number of benzene rings is 1. The van der Waals surface area contributed by atoms with Crippen LogP contribution in [-0.4, -0.2) is 16.2 Å². The molecule has 1 N–H and O–H groups in total. The van der Waals surface area contributed by atoms with E-state index in [4.69, 9.17) is 0 Å². The van der Waals surface area contributed by atoms with Crippen LogP contribution in [0.3, 0.4) is 0 Å². The largest absolute Gasteiger partial charge is 0.417 e. The summed E-state index contributed by atoms with van der Waals surface area (Å²) in [6, 6.07) is 0.842. The zero-order chi connectivity index (χ0) is 15.1. The van der Waals surface area contributed by atoms with Crippen LogP contribution >= 0.6 is 27.7 Å². The summed E-state index contributed by atoms with van der Waals surface area (Å²) in [6.07, 6.45) is -2.46. The van der Waals surface area contributed by atoms with Gasteiger partial charge in [-0.05, 0) is 40.2 Å². The molecule has 1 heterocycles. The van der Waals surface area contributed by atoms with Gasteiger partial charge in [0.2, 0.25) is 0 Å². The molecule has 0 bridgehead atoms. The maximum atomic E-state index is 13.0. The number of nitrogens with one attached hydrogen (secondary N) is 1. The SMILES string of the molecule is CCc1c(Br)c(C(F)(F)F)cc2c(=O)[nH]c(SC)nc12.